The van der Waals surface area contributed by atoms with E-state index in [1.165, 1.54) is 10.7 Å². The van der Waals surface area contributed by atoms with Gasteiger partial charge in [-0.3, -0.25) is 4.79 Å². The number of halogens is 2. The van der Waals surface area contributed by atoms with E-state index in [1.54, 1.807) is 0 Å². The normalized spacial score (nSPS) is 10.9. The molecule has 30 heavy (non-hydrogen) atoms. The van der Waals surface area contributed by atoms with Crippen molar-refractivity contribution in [3.63, 3.8) is 0 Å². The molecule has 0 saturated carbocycles. The fourth-order valence-electron chi connectivity index (χ4n) is 3.19. The van der Waals surface area contributed by atoms with Crippen molar-refractivity contribution in [2.45, 2.75) is 12.5 Å². The van der Waals surface area contributed by atoms with E-state index in [4.69, 9.17) is 0 Å². The molecule has 0 atom stereocenters. The summed E-state index contributed by atoms with van der Waals surface area (Å²) in [7, 11) is 0. The first-order valence-corrected chi connectivity index (χ1v) is 9.24. The zero-order valence-electron chi connectivity index (χ0n) is 15.7. The maximum absolute atomic E-state index is 13.6. The molecule has 150 valence electrons. The van der Waals surface area contributed by atoms with Crippen LogP contribution in [0.25, 0.3) is 5.69 Å². The van der Waals surface area contributed by atoms with Gasteiger partial charge in [-0.05, 0) is 33.7 Å². The smallest absolute Gasteiger partial charge is 0.232 e. The van der Waals surface area contributed by atoms with Gasteiger partial charge in [-0.25, -0.2) is 8.78 Å². The van der Waals surface area contributed by atoms with Crippen LogP contribution in [-0.2, 0) is 11.3 Å². The number of hydrogen-bond donors (Lipinski definition) is 1. The molecular formula is C22H17F2N5O. The Bertz CT molecular complexity index is 1110. The summed E-state index contributed by atoms with van der Waals surface area (Å²) in [5.41, 5.74) is 1.95. The molecule has 0 unspecified atom stereocenters. The third-order valence-electron chi connectivity index (χ3n) is 4.63. The Kier molecular flexibility index (Phi) is 5.56. The number of nitrogens with one attached hydrogen (secondary N) is 1. The number of rotatable bonds is 6. The van der Waals surface area contributed by atoms with Gasteiger partial charge in [0, 0.05) is 6.07 Å². The Morgan fingerprint density at radius 3 is 2.13 bits per heavy atom. The molecule has 0 bridgehead atoms. The summed E-state index contributed by atoms with van der Waals surface area (Å²) in [4.78, 5) is 13.1. The van der Waals surface area contributed by atoms with Crippen molar-refractivity contribution in [1.29, 1.82) is 0 Å². The van der Waals surface area contributed by atoms with Gasteiger partial charge in [0.25, 0.3) is 0 Å². The first-order valence-electron chi connectivity index (χ1n) is 9.24. The molecule has 1 amide bonds. The second kappa shape index (κ2) is 8.60. The largest absolute Gasteiger partial charge is 0.348 e. The molecule has 6 nitrogen and oxygen atoms in total. The van der Waals surface area contributed by atoms with Crippen molar-refractivity contribution in [3.8, 4) is 5.69 Å². The average molecular weight is 405 g/mol. The quantitative estimate of drug-likeness (QED) is 0.534. The summed E-state index contributed by atoms with van der Waals surface area (Å²) in [5.74, 6) is -2.43. The van der Waals surface area contributed by atoms with Crippen LogP contribution in [0.4, 0.5) is 8.78 Å². The molecule has 0 aliphatic rings. The van der Waals surface area contributed by atoms with Gasteiger partial charge in [-0.15, -0.1) is 5.10 Å². The van der Waals surface area contributed by atoms with Crippen LogP contribution in [0, 0.1) is 11.6 Å². The zero-order valence-corrected chi connectivity index (χ0v) is 15.7. The highest BCUT2D eigenvalue weighted by molar-refractivity contribution is 5.87. The van der Waals surface area contributed by atoms with Gasteiger partial charge < -0.3 is 5.32 Å². The van der Waals surface area contributed by atoms with Crippen LogP contribution in [0.15, 0.2) is 78.9 Å². The Hall–Kier alpha value is -3.94. The summed E-state index contributed by atoms with van der Waals surface area (Å²) in [5, 5.41) is 14.1. The molecule has 1 heterocycles. The Balaban J connectivity index is 1.56. The van der Waals surface area contributed by atoms with Crippen LogP contribution < -0.4 is 5.32 Å². The Morgan fingerprint density at radius 1 is 0.900 bits per heavy atom. The minimum absolute atomic E-state index is 0.0149. The summed E-state index contributed by atoms with van der Waals surface area (Å²) >= 11 is 0. The lowest BCUT2D eigenvalue weighted by molar-refractivity contribution is -0.121. The van der Waals surface area contributed by atoms with Gasteiger partial charge in [-0.2, -0.15) is 4.68 Å². The van der Waals surface area contributed by atoms with Gasteiger partial charge >= 0.3 is 0 Å². The number of hydrogen-bond acceptors (Lipinski definition) is 4. The molecule has 3 aromatic carbocycles. The van der Waals surface area contributed by atoms with Crippen LogP contribution >= 0.6 is 0 Å². The number of nitrogens with zero attached hydrogens (tertiary/aromatic N) is 4. The van der Waals surface area contributed by atoms with Gasteiger partial charge in [0.1, 0.15) is 0 Å². The van der Waals surface area contributed by atoms with E-state index in [-0.39, 0.29) is 24.0 Å². The molecule has 0 saturated heterocycles. The van der Waals surface area contributed by atoms with E-state index in [1.807, 2.05) is 60.7 Å². The fraction of sp³-hybridized carbons (Fsp3) is 0.0909. The lowest BCUT2D eigenvalue weighted by atomic mass is 9.90. The number of tetrazole rings is 1. The van der Waals surface area contributed by atoms with Crippen LogP contribution in [-0.4, -0.2) is 26.1 Å². The molecule has 0 aliphatic carbocycles. The van der Waals surface area contributed by atoms with E-state index in [2.05, 4.69) is 20.8 Å². The van der Waals surface area contributed by atoms with Gasteiger partial charge in [0.15, 0.2) is 17.5 Å². The number of amides is 1. The first-order chi connectivity index (χ1) is 14.6. The lowest BCUT2D eigenvalue weighted by Crippen LogP contribution is -2.30. The molecule has 0 aliphatic heterocycles. The number of carbonyl (C=O) groups is 1. The standard InChI is InChI=1S/C22H17F2N5O/c23-18-12-11-17(13-19(18)24)29-20(26-27-28-29)14-25-22(30)21(15-7-3-1-4-8-15)16-9-5-2-6-10-16/h1-13,21H,14H2,(H,25,30). The third-order valence-corrected chi connectivity index (χ3v) is 4.63. The summed E-state index contributed by atoms with van der Waals surface area (Å²) in [6.45, 7) is 0.0149. The average Bonchev–Trinajstić information content (AvgIpc) is 3.25. The molecule has 8 heteroatoms. The van der Waals surface area contributed by atoms with Gasteiger partial charge in [0.05, 0.1) is 18.2 Å². The Morgan fingerprint density at radius 2 is 1.53 bits per heavy atom. The summed E-state index contributed by atoms with van der Waals surface area (Å²) in [6, 6.07) is 22.2. The molecule has 1 aromatic heterocycles. The lowest BCUT2D eigenvalue weighted by Gasteiger charge is -2.17. The van der Waals surface area contributed by atoms with E-state index in [9.17, 15) is 13.6 Å². The zero-order chi connectivity index (χ0) is 20.9. The maximum Gasteiger partial charge on any atom is 0.232 e. The third kappa shape index (κ3) is 4.07. The molecule has 0 fully saturated rings. The van der Waals surface area contributed by atoms with Crippen LogP contribution in [0.5, 0.6) is 0 Å². The predicted molar refractivity (Wildman–Crippen MR) is 106 cm³/mol. The van der Waals surface area contributed by atoms with E-state index < -0.39 is 17.6 Å². The van der Waals surface area contributed by atoms with Crippen LogP contribution in [0.3, 0.4) is 0 Å². The summed E-state index contributed by atoms with van der Waals surface area (Å²) < 4.78 is 28.0. The van der Waals surface area contributed by atoms with Gasteiger partial charge in [0.2, 0.25) is 5.91 Å². The fourth-order valence-corrected chi connectivity index (χ4v) is 3.19. The number of carbonyl (C=O) groups excluding carboxylic acids is 1. The summed E-state index contributed by atoms with van der Waals surface area (Å²) in [6.07, 6.45) is 0. The predicted octanol–water partition coefficient (Wildman–Crippen LogP) is 3.39. The second-order valence-corrected chi connectivity index (χ2v) is 6.58. The maximum atomic E-state index is 13.6. The van der Waals surface area contributed by atoms with Crippen LogP contribution in [0.1, 0.15) is 22.9 Å². The minimum Gasteiger partial charge on any atom is -0.348 e. The molecule has 1 N–H and O–H groups in total. The number of benzene rings is 3. The second-order valence-electron chi connectivity index (χ2n) is 6.58. The van der Waals surface area contributed by atoms with Gasteiger partial charge in [-0.1, -0.05) is 60.7 Å². The monoisotopic (exact) mass is 405 g/mol. The molecule has 4 aromatic rings. The topological polar surface area (TPSA) is 72.7 Å². The highest BCUT2D eigenvalue weighted by Crippen LogP contribution is 2.25. The van der Waals surface area contributed by atoms with E-state index in [0.717, 1.165) is 23.3 Å². The van der Waals surface area contributed by atoms with Crippen LogP contribution in [0.2, 0.25) is 0 Å². The van der Waals surface area contributed by atoms with Crippen molar-refractivity contribution < 1.29 is 13.6 Å². The molecule has 4 rings (SSSR count). The highest BCUT2D eigenvalue weighted by atomic mass is 19.2. The van der Waals surface area contributed by atoms with Crippen molar-refractivity contribution in [1.82, 2.24) is 25.5 Å². The van der Waals surface area contributed by atoms with Crippen molar-refractivity contribution in [3.05, 3.63) is 107 Å². The SMILES string of the molecule is O=C(NCc1nnnn1-c1ccc(F)c(F)c1)C(c1ccccc1)c1ccccc1. The Labute approximate surface area is 171 Å². The molecule has 0 spiro atoms. The first kappa shape index (κ1) is 19.4. The van der Waals surface area contributed by atoms with E-state index >= 15 is 0 Å². The van der Waals surface area contributed by atoms with E-state index in [0.29, 0.717) is 0 Å². The minimum atomic E-state index is -1.01. The van der Waals surface area contributed by atoms with Crippen molar-refractivity contribution in [2.75, 3.05) is 0 Å². The molecule has 0 radical (unpaired) electrons. The molecular weight excluding hydrogens is 388 g/mol. The number of aromatic nitrogens is 4. The van der Waals surface area contributed by atoms with Crippen molar-refractivity contribution in [2.24, 2.45) is 0 Å². The van der Waals surface area contributed by atoms with Crippen molar-refractivity contribution >= 4 is 5.91 Å². The highest BCUT2D eigenvalue weighted by Gasteiger charge is 2.23.